The van der Waals surface area contributed by atoms with E-state index in [9.17, 15) is 4.79 Å². The number of hydrogen-bond donors (Lipinski definition) is 1. The number of carbonyl (C=O) groups is 1. The van der Waals surface area contributed by atoms with Crippen molar-refractivity contribution >= 4 is 34.8 Å². The summed E-state index contributed by atoms with van der Waals surface area (Å²) in [5.74, 6) is 0.393. The van der Waals surface area contributed by atoms with E-state index in [1.807, 2.05) is 84.9 Å². The molecule has 1 N–H and O–H groups in total. The van der Waals surface area contributed by atoms with Crippen LogP contribution in [0.5, 0.6) is 5.75 Å². The molecule has 0 heterocycles. The number of benzene rings is 4. The highest BCUT2D eigenvalue weighted by atomic mass is 35.5. The SMILES string of the molecule is COc1ccc(NC(=O)C(Cc2ccc(Cl)cc2)(c2ccccc2)c2ccccc2)cc1Cl. The standard InChI is InChI=1S/C28H23Cl2NO2/c1-33-26-17-16-24(18-25(26)30)31-27(32)28(21-8-4-2-5-9-21,22-10-6-3-7-11-22)19-20-12-14-23(29)15-13-20/h2-18H,19H2,1H3,(H,31,32). The van der Waals surface area contributed by atoms with E-state index < -0.39 is 5.41 Å². The summed E-state index contributed by atoms with van der Waals surface area (Å²) >= 11 is 12.4. The van der Waals surface area contributed by atoms with Gasteiger partial charge in [-0.3, -0.25) is 4.79 Å². The summed E-state index contributed by atoms with van der Waals surface area (Å²) in [5.41, 5.74) is 2.39. The molecule has 4 aromatic rings. The first kappa shape index (κ1) is 22.9. The maximum Gasteiger partial charge on any atom is 0.239 e. The van der Waals surface area contributed by atoms with Gasteiger partial charge in [0.15, 0.2) is 0 Å². The van der Waals surface area contributed by atoms with Gasteiger partial charge in [0.25, 0.3) is 0 Å². The van der Waals surface area contributed by atoms with Gasteiger partial charge in [0.1, 0.15) is 11.2 Å². The number of methoxy groups -OCH3 is 1. The van der Waals surface area contributed by atoms with Gasteiger partial charge < -0.3 is 10.1 Å². The van der Waals surface area contributed by atoms with Gasteiger partial charge in [-0.05, 0) is 53.4 Å². The fourth-order valence-corrected chi connectivity index (χ4v) is 4.43. The first-order valence-electron chi connectivity index (χ1n) is 10.5. The van der Waals surface area contributed by atoms with Crippen molar-refractivity contribution in [3.8, 4) is 5.75 Å². The quantitative estimate of drug-likeness (QED) is 0.307. The molecule has 33 heavy (non-hydrogen) atoms. The molecule has 0 aliphatic rings. The zero-order valence-electron chi connectivity index (χ0n) is 18.1. The van der Waals surface area contributed by atoms with Crippen LogP contribution in [0, 0.1) is 0 Å². The van der Waals surface area contributed by atoms with Gasteiger partial charge in [0, 0.05) is 10.7 Å². The molecule has 0 bridgehead atoms. The molecule has 0 atom stereocenters. The van der Waals surface area contributed by atoms with Gasteiger partial charge >= 0.3 is 0 Å². The summed E-state index contributed by atoms with van der Waals surface area (Å²) in [6.07, 6.45) is 0.452. The Balaban J connectivity index is 1.85. The van der Waals surface area contributed by atoms with Crippen molar-refractivity contribution in [2.45, 2.75) is 11.8 Å². The predicted molar refractivity (Wildman–Crippen MR) is 135 cm³/mol. The smallest absolute Gasteiger partial charge is 0.239 e. The molecule has 0 aliphatic heterocycles. The number of carbonyl (C=O) groups excluding carboxylic acids is 1. The predicted octanol–water partition coefficient (Wildman–Crippen LogP) is 7.17. The Bertz CT molecular complexity index is 1190. The average Bonchev–Trinajstić information content (AvgIpc) is 2.85. The fraction of sp³-hybridized carbons (Fsp3) is 0.107. The summed E-state index contributed by atoms with van der Waals surface area (Å²) in [6.45, 7) is 0. The molecule has 1 amide bonds. The highest BCUT2D eigenvalue weighted by Gasteiger charge is 2.42. The molecule has 5 heteroatoms. The van der Waals surface area contributed by atoms with Crippen LogP contribution in [0.1, 0.15) is 16.7 Å². The summed E-state index contributed by atoms with van der Waals surface area (Å²) < 4.78 is 5.24. The lowest BCUT2D eigenvalue weighted by Gasteiger charge is -2.34. The van der Waals surface area contributed by atoms with Gasteiger partial charge in [-0.25, -0.2) is 0 Å². The third-order valence-corrected chi connectivity index (χ3v) is 6.26. The summed E-state index contributed by atoms with van der Waals surface area (Å²) in [7, 11) is 1.56. The summed E-state index contributed by atoms with van der Waals surface area (Å²) in [6, 6.07) is 32.5. The normalized spacial score (nSPS) is 11.1. The van der Waals surface area contributed by atoms with Crippen LogP contribution in [-0.2, 0) is 16.6 Å². The number of halogens is 2. The van der Waals surface area contributed by atoms with E-state index in [1.165, 1.54) is 0 Å². The molecule has 166 valence electrons. The first-order chi connectivity index (χ1) is 16.0. The minimum atomic E-state index is -0.983. The highest BCUT2D eigenvalue weighted by molar-refractivity contribution is 6.32. The van der Waals surface area contributed by atoms with Crippen molar-refractivity contribution in [1.29, 1.82) is 0 Å². The van der Waals surface area contributed by atoms with Crippen molar-refractivity contribution in [1.82, 2.24) is 0 Å². The Kier molecular flexibility index (Phi) is 7.02. The molecule has 4 aromatic carbocycles. The fourth-order valence-electron chi connectivity index (χ4n) is 4.05. The molecule has 0 aliphatic carbocycles. The van der Waals surface area contributed by atoms with Crippen LogP contribution < -0.4 is 10.1 Å². The maximum atomic E-state index is 14.2. The largest absolute Gasteiger partial charge is 0.495 e. The number of amides is 1. The second-order valence-electron chi connectivity index (χ2n) is 7.74. The number of rotatable bonds is 7. The van der Waals surface area contributed by atoms with Crippen LogP contribution >= 0.6 is 23.2 Å². The van der Waals surface area contributed by atoms with Gasteiger partial charge in [0.05, 0.1) is 12.1 Å². The molecule has 0 radical (unpaired) electrons. The molecule has 4 rings (SSSR count). The van der Waals surface area contributed by atoms with Crippen LogP contribution in [0.15, 0.2) is 103 Å². The number of nitrogens with one attached hydrogen (secondary N) is 1. The molecular weight excluding hydrogens is 453 g/mol. The van der Waals surface area contributed by atoms with Crippen molar-refractivity contribution in [3.05, 3.63) is 130 Å². The van der Waals surface area contributed by atoms with Crippen molar-refractivity contribution < 1.29 is 9.53 Å². The van der Waals surface area contributed by atoms with E-state index in [1.54, 1.807) is 25.3 Å². The first-order valence-corrected chi connectivity index (χ1v) is 11.3. The third-order valence-electron chi connectivity index (χ3n) is 5.71. The van der Waals surface area contributed by atoms with Gasteiger partial charge in [-0.1, -0.05) is 96.0 Å². The van der Waals surface area contributed by atoms with E-state index in [0.717, 1.165) is 16.7 Å². The third kappa shape index (κ3) is 4.90. The van der Waals surface area contributed by atoms with Crippen molar-refractivity contribution in [2.75, 3.05) is 12.4 Å². The minimum absolute atomic E-state index is 0.156. The number of anilines is 1. The zero-order valence-corrected chi connectivity index (χ0v) is 19.6. The Labute approximate surface area is 203 Å². The van der Waals surface area contributed by atoms with E-state index in [-0.39, 0.29) is 5.91 Å². The Morgan fingerprint density at radius 1 is 0.818 bits per heavy atom. The van der Waals surface area contributed by atoms with Gasteiger partial charge in [0.2, 0.25) is 5.91 Å². The van der Waals surface area contributed by atoms with Crippen molar-refractivity contribution in [2.24, 2.45) is 0 Å². The summed E-state index contributed by atoms with van der Waals surface area (Å²) in [4.78, 5) is 14.2. The molecule has 0 saturated carbocycles. The zero-order chi connectivity index (χ0) is 23.3. The molecule has 3 nitrogen and oxygen atoms in total. The molecular formula is C28H23Cl2NO2. The molecule has 0 aromatic heterocycles. The van der Waals surface area contributed by atoms with Gasteiger partial charge in [-0.2, -0.15) is 0 Å². The Morgan fingerprint density at radius 2 is 1.39 bits per heavy atom. The molecule has 0 unspecified atom stereocenters. The second-order valence-corrected chi connectivity index (χ2v) is 8.59. The monoisotopic (exact) mass is 475 g/mol. The molecule has 0 spiro atoms. The number of hydrogen-bond acceptors (Lipinski definition) is 2. The summed E-state index contributed by atoms with van der Waals surface area (Å²) in [5, 5.41) is 4.18. The number of ether oxygens (including phenoxy) is 1. The highest BCUT2D eigenvalue weighted by Crippen LogP contribution is 2.38. The van der Waals surface area contributed by atoms with Crippen LogP contribution in [0.4, 0.5) is 5.69 Å². The lowest BCUT2D eigenvalue weighted by Crippen LogP contribution is -2.43. The van der Waals surface area contributed by atoms with Crippen LogP contribution in [0.2, 0.25) is 10.0 Å². The van der Waals surface area contributed by atoms with Crippen molar-refractivity contribution in [3.63, 3.8) is 0 Å². The van der Waals surface area contributed by atoms with E-state index in [2.05, 4.69) is 5.32 Å². The van der Waals surface area contributed by atoms with Gasteiger partial charge in [-0.15, -0.1) is 0 Å². The lowest BCUT2D eigenvalue weighted by atomic mass is 9.69. The minimum Gasteiger partial charge on any atom is -0.495 e. The maximum absolute atomic E-state index is 14.2. The Morgan fingerprint density at radius 3 is 1.91 bits per heavy atom. The second kappa shape index (κ2) is 10.1. The lowest BCUT2D eigenvalue weighted by molar-refractivity contribution is -0.120. The Hall–Kier alpha value is -3.27. The van der Waals surface area contributed by atoms with Crippen LogP contribution in [0.25, 0.3) is 0 Å². The van der Waals surface area contributed by atoms with E-state index in [0.29, 0.717) is 27.9 Å². The topological polar surface area (TPSA) is 38.3 Å². The van der Waals surface area contributed by atoms with Crippen LogP contribution in [0.3, 0.4) is 0 Å². The molecule has 0 fully saturated rings. The van der Waals surface area contributed by atoms with Crippen LogP contribution in [-0.4, -0.2) is 13.0 Å². The van der Waals surface area contributed by atoms with E-state index in [4.69, 9.17) is 27.9 Å². The average molecular weight is 476 g/mol. The van der Waals surface area contributed by atoms with E-state index >= 15 is 0 Å². The molecule has 0 saturated heterocycles.